The summed E-state index contributed by atoms with van der Waals surface area (Å²) in [5.41, 5.74) is 1.25. The number of benzene rings is 2. The summed E-state index contributed by atoms with van der Waals surface area (Å²) in [6.07, 6.45) is 1.44. The van der Waals surface area contributed by atoms with Crippen LogP contribution in [-0.2, 0) is 14.3 Å². The standard InChI is InChI=1S/C22H20N2O7/c1-13-20(22(26)31-4)17(11-14-6-5-7-16(10-14)24(27)28)21(25)23(13)15-8-9-18(29-2)19(12-15)30-3/h5-12H,1-4H3. The number of carbonyl (C=O) groups excluding carboxylic acids is 2. The fraction of sp³-hybridized carbons (Fsp3) is 0.182. The molecule has 0 fully saturated rings. The zero-order chi connectivity index (χ0) is 22.7. The normalized spacial score (nSPS) is 14.8. The van der Waals surface area contributed by atoms with Crippen molar-refractivity contribution in [2.45, 2.75) is 6.92 Å². The highest BCUT2D eigenvalue weighted by Crippen LogP contribution is 2.39. The minimum absolute atomic E-state index is 0.0691. The summed E-state index contributed by atoms with van der Waals surface area (Å²) in [5.74, 6) is -0.265. The molecule has 0 spiro atoms. The number of methoxy groups -OCH3 is 3. The average molecular weight is 424 g/mol. The third-order valence-corrected chi connectivity index (χ3v) is 4.81. The second kappa shape index (κ2) is 8.70. The van der Waals surface area contributed by atoms with E-state index >= 15 is 0 Å². The summed E-state index contributed by atoms with van der Waals surface area (Å²) in [4.78, 5) is 37.7. The molecule has 0 saturated heterocycles. The van der Waals surface area contributed by atoms with Crippen molar-refractivity contribution in [3.63, 3.8) is 0 Å². The van der Waals surface area contributed by atoms with Crippen LogP contribution >= 0.6 is 0 Å². The molecule has 9 nitrogen and oxygen atoms in total. The van der Waals surface area contributed by atoms with Crippen molar-refractivity contribution in [1.29, 1.82) is 0 Å². The Bertz CT molecular complexity index is 1130. The Kier molecular flexibility index (Phi) is 6.05. The van der Waals surface area contributed by atoms with Crippen LogP contribution in [0.3, 0.4) is 0 Å². The van der Waals surface area contributed by atoms with Gasteiger partial charge in [-0.3, -0.25) is 19.8 Å². The second-order valence-corrected chi connectivity index (χ2v) is 6.54. The highest BCUT2D eigenvalue weighted by Gasteiger charge is 2.38. The number of amides is 1. The van der Waals surface area contributed by atoms with Gasteiger partial charge in [-0.05, 0) is 30.7 Å². The summed E-state index contributed by atoms with van der Waals surface area (Å²) in [7, 11) is 4.19. The summed E-state index contributed by atoms with van der Waals surface area (Å²) in [5, 5.41) is 11.1. The Morgan fingerprint density at radius 3 is 2.39 bits per heavy atom. The molecule has 31 heavy (non-hydrogen) atoms. The largest absolute Gasteiger partial charge is 0.493 e. The molecule has 9 heteroatoms. The van der Waals surface area contributed by atoms with Gasteiger partial charge in [-0.1, -0.05) is 12.1 Å². The van der Waals surface area contributed by atoms with E-state index in [1.165, 1.54) is 50.5 Å². The van der Waals surface area contributed by atoms with Gasteiger partial charge >= 0.3 is 5.97 Å². The number of allylic oxidation sites excluding steroid dienone is 1. The second-order valence-electron chi connectivity index (χ2n) is 6.54. The van der Waals surface area contributed by atoms with E-state index in [1.54, 1.807) is 31.2 Å². The Labute approximate surface area is 178 Å². The van der Waals surface area contributed by atoms with E-state index in [0.29, 0.717) is 28.4 Å². The Balaban J connectivity index is 2.14. The third-order valence-electron chi connectivity index (χ3n) is 4.81. The first-order valence-electron chi connectivity index (χ1n) is 9.14. The molecule has 1 aliphatic rings. The van der Waals surface area contributed by atoms with Crippen LogP contribution in [0, 0.1) is 10.1 Å². The molecule has 2 aromatic rings. The molecule has 0 radical (unpaired) electrons. The first-order valence-corrected chi connectivity index (χ1v) is 9.14. The number of hydrogen-bond acceptors (Lipinski definition) is 7. The van der Waals surface area contributed by atoms with Crippen molar-refractivity contribution in [2.75, 3.05) is 26.2 Å². The maximum absolute atomic E-state index is 13.3. The molecule has 3 rings (SSSR count). The number of ether oxygens (including phenoxy) is 3. The van der Waals surface area contributed by atoms with Crippen molar-refractivity contribution in [2.24, 2.45) is 0 Å². The van der Waals surface area contributed by atoms with Gasteiger partial charge in [0, 0.05) is 23.9 Å². The summed E-state index contributed by atoms with van der Waals surface area (Å²) in [6, 6.07) is 10.7. The van der Waals surface area contributed by atoms with Crippen molar-refractivity contribution < 1.29 is 28.7 Å². The summed E-state index contributed by atoms with van der Waals surface area (Å²) >= 11 is 0. The monoisotopic (exact) mass is 424 g/mol. The summed E-state index contributed by atoms with van der Waals surface area (Å²) < 4.78 is 15.4. The molecule has 160 valence electrons. The van der Waals surface area contributed by atoms with Gasteiger partial charge < -0.3 is 14.2 Å². The quantitative estimate of drug-likeness (QED) is 0.302. The zero-order valence-electron chi connectivity index (χ0n) is 17.4. The van der Waals surface area contributed by atoms with E-state index in [-0.39, 0.29) is 16.8 Å². The van der Waals surface area contributed by atoms with Crippen LogP contribution in [0.1, 0.15) is 12.5 Å². The molecule has 0 bridgehead atoms. The number of esters is 1. The van der Waals surface area contributed by atoms with Gasteiger partial charge in [0.05, 0.1) is 43.1 Å². The van der Waals surface area contributed by atoms with E-state index in [2.05, 4.69) is 0 Å². The van der Waals surface area contributed by atoms with Crippen LogP contribution in [0.4, 0.5) is 11.4 Å². The third kappa shape index (κ3) is 3.97. The molecule has 0 aromatic heterocycles. The smallest absolute Gasteiger partial charge is 0.340 e. The summed E-state index contributed by atoms with van der Waals surface area (Å²) in [6.45, 7) is 1.62. The van der Waals surface area contributed by atoms with Gasteiger partial charge in [0.15, 0.2) is 11.5 Å². The highest BCUT2D eigenvalue weighted by atomic mass is 16.6. The minimum Gasteiger partial charge on any atom is -0.493 e. The van der Waals surface area contributed by atoms with E-state index in [0.717, 1.165) is 0 Å². The number of hydrogen-bond donors (Lipinski definition) is 0. The first kappa shape index (κ1) is 21.6. The molecule has 0 aliphatic carbocycles. The lowest BCUT2D eigenvalue weighted by atomic mass is 10.0. The number of rotatable bonds is 6. The molecule has 0 unspecified atom stereocenters. The molecule has 1 heterocycles. The lowest BCUT2D eigenvalue weighted by molar-refractivity contribution is -0.384. The van der Waals surface area contributed by atoms with Crippen molar-refractivity contribution in [3.05, 3.63) is 75.0 Å². The molecular weight excluding hydrogens is 404 g/mol. The fourth-order valence-corrected chi connectivity index (χ4v) is 3.35. The van der Waals surface area contributed by atoms with E-state index in [4.69, 9.17) is 14.2 Å². The predicted octanol–water partition coefficient (Wildman–Crippen LogP) is 3.49. The van der Waals surface area contributed by atoms with Gasteiger partial charge in [0.1, 0.15) is 0 Å². The molecular formula is C22H20N2O7. The number of nitro groups is 1. The molecule has 0 saturated carbocycles. The van der Waals surface area contributed by atoms with Gasteiger partial charge in [0.2, 0.25) is 0 Å². The Morgan fingerprint density at radius 2 is 1.77 bits per heavy atom. The van der Waals surface area contributed by atoms with Gasteiger partial charge in [-0.15, -0.1) is 0 Å². The number of carbonyl (C=O) groups is 2. The fourth-order valence-electron chi connectivity index (χ4n) is 3.35. The molecule has 0 N–H and O–H groups in total. The van der Waals surface area contributed by atoms with Crippen LogP contribution in [0.5, 0.6) is 11.5 Å². The number of nitrogens with zero attached hydrogens (tertiary/aromatic N) is 2. The maximum Gasteiger partial charge on any atom is 0.340 e. The molecule has 1 amide bonds. The van der Waals surface area contributed by atoms with Crippen molar-refractivity contribution in [1.82, 2.24) is 0 Å². The maximum atomic E-state index is 13.3. The SMILES string of the molecule is COC(=O)C1=C(C)N(c2ccc(OC)c(OC)c2)C(=O)C1=Cc1cccc([N+](=O)[O-])c1. The van der Waals surface area contributed by atoms with E-state index in [1.807, 2.05) is 0 Å². The minimum atomic E-state index is -0.689. The van der Waals surface area contributed by atoms with Crippen molar-refractivity contribution in [3.8, 4) is 11.5 Å². The van der Waals surface area contributed by atoms with Crippen LogP contribution < -0.4 is 14.4 Å². The number of nitro benzene ring substituents is 1. The number of non-ortho nitro benzene ring substituents is 1. The lowest BCUT2D eigenvalue weighted by Crippen LogP contribution is -2.24. The molecule has 0 atom stereocenters. The molecule has 2 aromatic carbocycles. The Hall–Kier alpha value is -4.14. The van der Waals surface area contributed by atoms with Gasteiger partial charge in [-0.25, -0.2) is 4.79 Å². The van der Waals surface area contributed by atoms with Crippen molar-refractivity contribution >= 4 is 29.3 Å². The van der Waals surface area contributed by atoms with Gasteiger partial charge in [-0.2, -0.15) is 0 Å². The highest BCUT2D eigenvalue weighted by molar-refractivity contribution is 6.23. The predicted molar refractivity (Wildman–Crippen MR) is 113 cm³/mol. The first-order chi connectivity index (χ1) is 14.8. The lowest BCUT2D eigenvalue weighted by Gasteiger charge is -2.19. The van der Waals surface area contributed by atoms with E-state index in [9.17, 15) is 19.7 Å². The number of anilines is 1. The zero-order valence-corrected chi connectivity index (χ0v) is 17.4. The topological polar surface area (TPSA) is 108 Å². The molecule has 1 aliphatic heterocycles. The van der Waals surface area contributed by atoms with Crippen LogP contribution in [0.15, 0.2) is 59.3 Å². The van der Waals surface area contributed by atoms with E-state index < -0.39 is 16.8 Å². The van der Waals surface area contributed by atoms with Crippen LogP contribution in [0.2, 0.25) is 0 Å². The Morgan fingerprint density at radius 1 is 1.06 bits per heavy atom. The van der Waals surface area contributed by atoms with Gasteiger partial charge in [0.25, 0.3) is 11.6 Å². The average Bonchev–Trinajstić information content (AvgIpc) is 3.02. The van der Waals surface area contributed by atoms with Crippen LogP contribution in [-0.4, -0.2) is 38.1 Å². The van der Waals surface area contributed by atoms with Crippen LogP contribution in [0.25, 0.3) is 6.08 Å².